The Balaban J connectivity index is 1.38. The van der Waals surface area contributed by atoms with Crippen molar-refractivity contribution in [3.63, 3.8) is 0 Å². The maximum absolute atomic E-state index is 13.2. The highest BCUT2D eigenvalue weighted by atomic mass is 19.2. The summed E-state index contributed by atoms with van der Waals surface area (Å²) in [4.78, 5) is 0. The molecule has 0 unspecified atom stereocenters. The van der Waals surface area contributed by atoms with Crippen molar-refractivity contribution in [2.45, 2.75) is 77.6 Å². The summed E-state index contributed by atoms with van der Waals surface area (Å²) in [6.07, 6.45) is 18.1. The van der Waals surface area contributed by atoms with Crippen LogP contribution in [-0.4, -0.2) is 0 Å². The van der Waals surface area contributed by atoms with Crippen molar-refractivity contribution >= 4 is 0 Å². The molecule has 0 heterocycles. The van der Waals surface area contributed by atoms with Gasteiger partial charge in [-0.25, -0.2) is 13.2 Å². The molecule has 2 saturated carbocycles. The van der Waals surface area contributed by atoms with Gasteiger partial charge in [-0.3, -0.25) is 0 Å². The average Bonchev–Trinajstić information content (AvgIpc) is 2.70. The zero-order chi connectivity index (χ0) is 19.2. The van der Waals surface area contributed by atoms with E-state index in [1.165, 1.54) is 57.8 Å². The zero-order valence-electron chi connectivity index (χ0n) is 16.5. The molecule has 0 atom stereocenters. The highest BCUT2D eigenvalue weighted by Crippen LogP contribution is 2.42. The van der Waals surface area contributed by atoms with Gasteiger partial charge in [-0.15, -0.1) is 0 Å². The van der Waals surface area contributed by atoms with Crippen LogP contribution in [0, 0.1) is 41.1 Å². The molecule has 0 bridgehead atoms. The summed E-state index contributed by atoms with van der Waals surface area (Å²) in [6, 6.07) is 2.17. The lowest BCUT2D eigenvalue weighted by Crippen LogP contribution is -2.25. The summed E-state index contributed by atoms with van der Waals surface area (Å²) in [5.41, 5.74) is 0.481. The van der Waals surface area contributed by atoms with Gasteiger partial charge in [-0.1, -0.05) is 38.3 Å². The fourth-order valence-electron chi connectivity index (χ4n) is 5.20. The summed E-state index contributed by atoms with van der Waals surface area (Å²) in [7, 11) is 0. The standard InChI is InChI=1S/C24H33F3/c1-2-17-7-11-20(12-8-17)21-13-9-18(10-14-21)5-3-4-6-19-15-22(25)24(27)23(26)16-19/h3-4,15-18,20-21H,2,5-14H2,1H3. The van der Waals surface area contributed by atoms with Crippen molar-refractivity contribution < 1.29 is 13.2 Å². The minimum atomic E-state index is -1.39. The molecule has 150 valence electrons. The molecule has 3 rings (SSSR count). The summed E-state index contributed by atoms with van der Waals surface area (Å²) < 4.78 is 39.4. The van der Waals surface area contributed by atoms with Gasteiger partial charge < -0.3 is 0 Å². The predicted octanol–water partition coefficient (Wildman–Crippen LogP) is 7.62. The third-order valence-electron chi connectivity index (χ3n) is 7.06. The van der Waals surface area contributed by atoms with Gasteiger partial charge >= 0.3 is 0 Å². The second-order valence-electron chi connectivity index (χ2n) is 8.75. The van der Waals surface area contributed by atoms with Crippen LogP contribution in [0.5, 0.6) is 0 Å². The molecular formula is C24H33F3. The van der Waals surface area contributed by atoms with Crippen LogP contribution in [0.4, 0.5) is 13.2 Å². The first-order valence-corrected chi connectivity index (χ1v) is 10.8. The first-order chi connectivity index (χ1) is 13.1. The third kappa shape index (κ3) is 5.62. The van der Waals surface area contributed by atoms with Gasteiger partial charge in [0.1, 0.15) is 0 Å². The Hall–Kier alpha value is -1.25. The van der Waals surface area contributed by atoms with E-state index in [1.54, 1.807) is 0 Å². The number of rotatable bonds is 6. The van der Waals surface area contributed by atoms with Crippen LogP contribution in [0.15, 0.2) is 24.3 Å². The molecule has 2 fully saturated rings. The second kappa shape index (κ2) is 9.80. The zero-order valence-corrected chi connectivity index (χ0v) is 16.5. The summed E-state index contributed by atoms with van der Waals surface area (Å²) in [5, 5.41) is 0. The monoisotopic (exact) mass is 378 g/mol. The van der Waals surface area contributed by atoms with E-state index in [0.717, 1.165) is 42.2 Å². The van der Waals surface area contributed by atoms with Crippen molar-refractivity contribution in [1.82, 2.24) is 0 Å². The van der Waals surface area contributed by atoms with Gasteiger partial charge in [0.2, 0.25) is 0 Å². The Morgan fingerprint density at radius 2 is 1.30 bits per heavy atom. The molecule has 1 aromatic rings. The maximum Gasteiger partial charge on any atom is 0.194 e. The van der Waals surface area contributed by atoms with Gasteiger partial charge in [0.05, 0.1) is 0 Å². The summed E-state index contributed by atoms with van der Waals surface area (Å²) >= 11 is 0. The Kier molecular flexibility index (Phi) is 7.43. The number of hydrogen-bond acceptors (Lipinski definition) is 0. The normalized spacial score (nSPS) is 29.3. The number of benzene rings is 1. The Morgan fingerprint density at radius 3 is 1.81 bits per heavy atom. The highest BCUT2D eigenvalue weighted by Gasteiger charge is 2.30. The summed E-state index contributed by atoms with van der Waals surface area (Å²) in [5.74, 6) is 0.0229. The molecule has 0 radical (unpaired) electrons. The van der Waals surface area contributed by atoms with E-state index in [2.05, 4.69) is 13.0 Å². The fourth-order valence-corrected chi connectivity index (χ4v) is 5.20. The number of hydrogen-bond donors (Lipinski definition) is 0. The van der Waals surface area contributed by atoms with Crippen molar-refractivity contribution in [2.75, 3.05) is 0 Å². The van der Waals surface area contributed by atoms with Crippen molar-refractivity contribution in [2.24, 2.45) is 23.7 Å². The van der Waals surface area contributed by atoms with Crippen LogP contribution in [0.2, 0.25) is 0 Å². The molecule has 0 saturated heterocycles. The van der Waals surface area contributed by atoms with Crippen molar-refractivity contribution in [3.8, 4) is 0 Å². The lowest BCUT2D eigenvalue weighted by atomic mass is 9.68. The Morgan fingerprint density at radius 1 is 0.778 bits per heavy atom. The lowest BCUT2D eigenvalue weighted by molar-refractivity contribution is 0.145. The Labute approximate surface area is 162 Å². The van der Waals surface area contributed by atoms with Crippen molar-refractivity contribution in [3.05, 3.63) is 47.3 Å². The first-order valence-electron chi connectivity index (χ1n) is 10.8. The molecule has 3 heteroatoms. The molecule has 0 spiro atoms. The van der Waals surface area contributed by atoms with Crippen LogP contribution in [0.25, 0.3) is 0 Å². The lowest BCUT2D eigenvalue weighted by Gasteiger charge is -2.37. The SMILES string of the molecule is CCC1CCC(C2CCC(CC=CCc3cc(F)c(F)c(F)c3)CC2)CC1. The van der Waals surface area contributed by atoms with E-state index in [4.69, 9.17) is 0 Å². The van der Waals surface area contributed by atoms with Gasteiger partial charge in [-0.05, 0) is 92.7 Å². The van der Waals surface area contributed by atoms with Gasteiger partial charge in [0.15, 0.2) is 17.5 Å². The van der Waals surface area contributed by atoms with Crippen LogP contribution in [0.3, 0.4) is 0 Å². The molecular weight excluding hydrogens is 345 g/mol. The Bertz CT molecular complexity index is 598. The van der Waals surface area contributed by atoms with Crippen LogP contribution < -0.4 is 0 Å². The van der Waals surface area contributed by atoms with Gasteiger partial charge in [0.25, 0.3) is 0 Å². The molecule has 2 aliphatic carbocycles. The van der Waals surface area contributed by atoms with E-state index in [9.17, 15) is 13.2 Å². The maximum atomic E-state index is 13.2. The smallest absolute Gasteiger partial charge is 0.194 e. The molecule has 1 aromatic carbocycles. The third-order valence-corrected chi connectivity index (χ3v) is 7.06. The molecule has 0 nitrogen and oxygen atoms in total. The van der Waals surface area contributed by atoms with Gasteiger partial charge in [-0.2, -0.15) is 0 Å². The van der Waals surface area contributed by atoms with E-state index < -0.39 is 17.5 Å². The molecule has 0 aromatic heterocycles. The molecule has 0 N–H and O–H groups in total. The topological polar surface area (TPSA) is 0 Å². The molecule has 0 aliphatic heterocycles. The van der Waals surface area contributed by atoms with E-state index >= 15 is 0 Å². The minimum Gasteiger partial charge on any atom is -0.204 e. The van der Waals surface area contributed by atoms with Crippen LogP contribution in [0.1, 0.15) is 76.7 Å². The van der Waals surface area contributed by atoms with Crippen molar-refractivity contribution in [1.29, 1.82) is 0 Å². The number of halogens is 3. The highest BCUT2D eigenvalue weighted by molar-refractivity contribution is 5.21. The van der Waals surface area contributed by atoms with Gasteiger partial charge in [0, 0.05) is 0 Å². The molecule has 2 aliphatic rings. The van der Waals surface area contributed by atoms with E-state index in [0.29, 0.717) is 12.0 Å². The van der Waals surface area contributed by atoms with Crippen LogP contribution >= 0.6 is 0 Å². The first kappa shape index (κ1) is 20.5. The average molecular weight is 379 g/mol. The summed E-state index contributed by atoms with van der Waals surface area (Å²) in [6.45, 7) is 2.33. The van der Waals surface area contributed by atoms with Crippen LogP contribution in [-0.2, 0) is 6.42 Å². The fraction of sp³-hybridized carbons (Fsp3) is 0.667. The largest absolute Gasteiger partial charge is 0.204 e. The second-order valence-corrected chi connectivity index (χ2v) is 8.75. The predicted molar refractivity (Wildman–Crippen MR) is 105 cm³/mol. The molecule has 27 heavy (non-hydrogen) atoms. The van der Waals surface area contributed by atoms with E-state index in [1.807, 2.05) is 6.08 Å². The number of allylic oxidation sites excluding steroid dienone is 2. The quantitative estimate of drug-likeness (QED) is 0.353. The minimum absolute atomic E-state index is 0.449. The molecule has 0 amide bonds. The van der Waals surface area contributed by atoms with E-state index in [-0.39, 0.29) is 0 Å².